The topological polar surface area (TPSA) is 92.7 Å². The van der Waals surface area contributed by atoms with Crippen LogP contribution in [-0.4, -0.2) is 32.8 Å². The number of aliphatic hydroxyl groups is 1. The molecule has 26 heavy (non-hydrogen) atoms. The fraction of sp³-hybridized carbons (Fsp3) is 0.188. The average molecular weight is 389 g/mol. The Morgan fingerprint density at radius 3 is 2.42 bits per heavy atom. The highest BCUT2D eigenvalue weighted by molar-refractivity contribution is 7.92. The van der Waals surface area contributed by atoms with Gasteiger partial charge in [0.1, 0.15) is 0 Å². The summed E-state index contributed by atoms with van der Waals surface area (Å²) < 4.78 is 69.7. The number of carbonyl (C=O) groups excluding carboxylic acids is 1. The van der Waals surface area contributed by atoms with E-state index in [-0.39, 0.29) is 10.5 Å². The zero-order chi connectivity index (χ0) is 19.5. The molecular formula is C16H14F3NO5S. The van der Waals surface area contributed by atoms with Crippen molar-refractivity contribution in [2.75, 3.05) is 11.8 Å². The second-order valence-corrected chi connectivity index (χ2v) is 6.84. The average Bonchev–Trinajstić information content (AvgIpc) is 2.60. The maximum Gasteiger partial charge on any atom is 0.418 e. The van der Waals surface area contributed by atoms with Gasteiger partial charge in [0.25, 0.3) is 10.0 Å². The fourth-order valence-corrected chi connectivity index (χ4v) is 3.25. The van der Waals surface area contributed by atoms with Crippen molar-refractivity contribution in [2.45, 2.75) is 17.2 Å². The number of halogens is 3. The van der Waals surface area contributed by atoms with Crippen LogP contribution in [0.4, 0.5) is 18.9 Å². The minimum atomic E-state index is -4.97. The molecule has 0 heterocycles. The van der Waals surface area contributed by atoms with E-state index in [4.69, 9.17) is 0 Å². The lowest BCUT2D eigenvalue weighted by Gasteiger charge is -2.19. The molecule has 0 saturated carbocycles. The molecule has 0 aliphatic heterocycles. The second kappa shape index (κ2) is 7.34. The summed E-state index contributed by atoms with van der Waals surface area (Å²) in [5.41, 5.74) is -1.12. The smallest absolute Gasteiger partial charge is 0.418 e. The van der Waals surface area contributed by atoms with Crippen molar-refractivity contribution in [3.05, 3.63) is 59.7 Å². The summed E-state index contributed by atoms with van der Waals surface area (Å²) in [4.78, 5) is 11.2. The van der Waals surface area contributed by atoms with Crippen LogP contribution in [0.15, 0.2) is 53.4 Å². The third-order valence-corrected chi connectivity index (χ3v) is 4.74. The Morgan fingerprint density at radius 2 is 1.81 bits per heavy atom. The number of para-hydroxylation sites is 1. The van der Waals surface area contributed by atoms with Crippen LogP contribution in [0.25, 0.3) is 0 Å². The van der Waals surface area contributed by atoms with E-state index in [2.05, 4.69) is 4.74 Å². The number of benzene rings is 2. The second-order valence-electron chi connectivity index (χ2n) is 5.16. The van der Waals surface area contributed by atoms with E-state index in [1.807, 2.05) is 4.72 Å². The molecule has 6 nitrogen and oxygen atoms in total. The summed E-state index contributed by atoms with van der Waals surface area (Å²) in [5.74, 6) is -0.769. The van der Waals surface area contributed by atoms with Crippen LogP contribution in [0.5, 0.6) is 0 Å². The molecule has 0 fully saturated rings. The SMILES string of the molecule is COC(=O)c1cccc(S(=O)(=O)Nc2ccccc2[C@@H](O)C(F)(F)F)c1. The zero-order valence-corrected chi connectivity index (χ0v) is 14.1. The predicted molar refractivity (Wildman–Crippen MR) is 86.0 cm³/mol. The van der Waals surface area contributed by atoms with Crippen LogP contribution in [0, 0.1) is 0 Å². The highest BCUT2D eigenvalue weighted by Crippen LogP contribution is 2.36. The molecule has 2 aromatic rings. The van der Waals surface area contributed by atoms with Crippen molar-refractivity contribution < 1.29 is 36.2 Å². The summed E-state index contributed by atoms with van der Waals surface area (Å²) in [6.07, 6.45) is -7.82. The van der Waals surface area contributed by atoms with Gasteiger partial charge in [-0.25, -0.2) is 13.2 Å². The lowest BCUT2D eigenvalue weighted by atomic mass is 10.1. The number of methoxy groups -OCH3 is 1. The number of carbonyl (C=O) groups is 1. The first-order chi connectivity index (χ1) is 12.1. The van der Waals surface area contributed by atoms with Gasteiger partial charge in [-0.15, -0.1) is 0 Å². The third-order valence-electron chi connectivity index (χ3n) is 3.38. The van der Waals surface area contributed by atoms with Crippen LogP contribution in [0.3, 0.4) is 0 Å². The number of anilines is 1. The number of hydrogen-bond donors (Lipinski definition) is 2. The van der Waals surface area contributed by atoms with E-state index in [1.54, 1.807) is 0 Å². The molecule has 10 heteroatoms. The monoisotopic (exact) mass is 389 g/mol. The summed E-state index contributed by atoms with van der Waals surface area (Å²) in [5, 5.41) is 9.43. The van der Waals surface area contributed by atoms with Gasteiger partial charge in [-0.2, -0.15) is 13.2 Å². The Kier molecular flexibility index (Phi) is 5.57. The van der Waals surface area contributed by atoms with Crippen LogP contribution in [0.1, 0.15) is 22.0 Å². The maximum atomic E-state index is 12.8. The summed E-state index contributed by atoms with van der Waals surface area (Å²) in [7, 11) is -3.19. The Balaban J connectivity index is 2.41. The van der Waals surface area contributed by atoms with E-state index in [0.717, 1.165) is 31.4 Å². The molecule has 2 N–H and O–H groups in total. The standard InChI is InChI=1S/C16H14F3NO5S/c1-25-15(22)10-5-4-6-11(9-10)26(23,24)20-13-8-3-2-7-12(13)14(21)16(17,18)19/h2-9,14,20-21H,1H3/t14-/m1/s1. The van der Waals surface area contributed by atoms with Crippen LogP contribution >= 0.6 is 0 Å². The fourth-order valence-electron chi connectivity index (χ4n) is 2.12. The van der Waals surface area contributed by atoms with E-state index >= 15 is 0 Å². The molecule has 0 bridgehead atoms. The number of ether oxygens (including phenoxy) is 1. The Morgan fingerprint density at radius 1 is 1.15 bits per heavy atom. The first-order valence-corrected chi connectivity index (χ1v) is 8.59. The van der Waals surface area contributed by atoms with E-state index in [1.165, 1.54) is 24.3 Å². The third kappa shape index (κ3) is 4.33. The number of aliphatic hydroxyl groups excluding tert-OH is 1. The van der Waals surface area contributed by atoms with Crippen molar-refractivity contribution in [3.63, 3.8) is 0 Å². The van der Waals surface area contributed by atoms with Crippen molar-refractivity contribution in [2.24, 2.45) is 0 Å². The molecule has 0 aromatic heterocycles. The molecule has 0 aliphatic rings. The molecule has 0 amide bonds. The molecule has 0 saturated heterocycles. The molecule has 0 unspecified atom stereocenters. The summed E-state index contributed by atoms with van der Waals surface area (Å²) >= 11 is 0. The van der Waals surface area contributed by atoms with Crippen molar-refractivity contribution in [1.29, 1.82) is 0 Å². The molecule has 0 radical (unpaired) electrons. The molecule has 2 aromatic carbocycles. The van der Waals surface area contributed by atoms with Crippen molar-refractivity contribution in [1.82, 2.24) is 0 Å². The van der Waals surface area contributed by atoms with Crippen LogP contribution < -0.4 is 4.72 Å². The quantitative estimate of drug-likeness (QED) is 0.767. The number of nitrogens with one attached hydrogen (secondary N) is 1. The molecule has 0 spiro atoms. The predicted octanol–water partition coefficient (Wildman–Crippen LogP) is 2.87. The first-order valence-electron chi connectivity index (χ1n) is 7.11. The molecule has 2 rings (SSSR count). The normalized spacial score (nSPS) is 13.1. The van der Waals surface area contributed by atoms with Crippen LogP contribution in [0.2, 0.25) is 0 Å². The van der Waals surface area contributed by atoms with E-state index in [9.17, 15) is 31.5 Å². The Bertz CT molecular complexity index is 912. The summed E-state index contributed by atoms with van der Waals surface area (Å²) in [6, 6.07) is 9.40. The maximum absolute atomic E-state index is 12.8. The van der Waals surface area contributed by atoms with E-state index < -0.39 is 39.5 Å². The van der Waals surface area contributed by atoms with Gasteiger partial charge in [0.15, 0.2) is 6.10 Å². The Hall–Kier alpha value is -2.59. The van der Waals surface area contributed by atoms with Gasteiger partial charge < -0.3 is 9.84 Å². The number of esters is 1. The van der Waals surface area contributed by atoms with Gasteiger partial charge in [-0.3, -0.25) is 4.72 Å². The van der Waals surface area contributed by atoms with Crippen molar-refractivity contribution in [3.8, 4) is 0 Å². The highest BCUT2D eigenvalue weighted by atomic mass is 32.2. The van der Waals surface area contributed by atoms with E-state index in [0.29, 0.717) is 0 Å². The van der Waals surface area contributed by atoms with Gasteiger partial charge in [0, 0.05) is 5.56 Å². The molecule has 0 aliphatic carbocycles. The number of alkyl halides is 3. The number of hydrogen-bond acceptors (Lipinski definition) is 5. The lowest BCUT2D eigenvalue weighted by molar-refractivity contribution is -0.206. The zero-order valence-electron chi connectivity index (χ0n) is 13.3. The number of rotatable bonds is 5. The van der Waals surface area contributed by atoms with Crippen LogP contribution in [-0.2, 0) is 14.8 Å². The van der Waals surface area contributed by atoms with Gasteiger partial charge in [-0.1, -0.05) is 24.3 Å². The highest BCUT2D eigenvalue weighted by Gasteiger charge is 2.40. The minimum Gasteiger partial charge on any atom is -0.465 e. The lowest BCUT2D eigenvalue weighted by Crippen LogP contribution is -2.23. The van der Waals surface area contributed by atoms with Gasteiger partial charge in [0.2, 0.25) is 0 Å². The molecule has 140 valence electrons. The largest absolute Gasteiger partial charge is 0.465 e. The molecule has 1 atom stereocenters. The summed E-state index contributed by atoms with van der Waals surface area (Å²) in [6.45, 7) is 0. The minimum absolute atomic E-state index is 0.0426. The van der Waals surface area contributed by atoms with Crippen molar-refractivity contribution >= 4 is 21.7 Å². The Labute approximate surface area is 147 Å². The van der Waals surface area contributed by atoms with Gasteiger partial charge >= 0.3 is 12.1 Å². The van der Waals surface area contributed by atoms with Gasteiger partial charge in [0.05, 0.1) is 23.3 Å². The molecular weight excluding hydrogens is 375 g/mol. The number of sulfonamides is 1. The van der Waals surface area contributed by atoms with Gasteiger partial charge in [-0.05, 0) is 24.3 Å². The first kappa shape index (κ1) is 19.7.